The number of hydrogen-bond donors (Lipinski definition) is 1. The molecular weight excluding hydrogens is 198 g/mol. The fraction of sp³-hybridized carbons (Fsp3) is 0.571. The van der Waals surface area contributed by atoms with Gasteiger partial charge >= 0.3 is 0 Å². The highest BCUT2D eigenvalue weighted by atomic mass is 16.5. The van der Waals surface area contributed by atoms with Crippen molar-refractivity contribution in [2.45, 2.75) is 37.9 Å². The maximum Gasteiger partial charge on any atom is 0.0652 e. The molecule has 86 valence electrons. The second-order valence-corrected chi connectivity index (χ2v) is 5.13. The van der Waals surface area contributed by atoms with Crippen LogP contribution in [0.5, 0.6) is 0 Å². The van der Waals surface area contributed by atoms with Gasteiger partial charge in [0.25, 0.3) is 0 Å². The first-order chi connectivity index (χ1) is 7.79. The molecule has 2 aliphatic heterocycles. The Morgan fingerprint density at radius 2 is 1.88 bits per heavy atom. The van der Waals surface area contributed by atoms with E-state index in [0.717, 1.165) is 6.54 Å². The first kappa shape index (κ1) is 10.3. The Balaban J connectivity index is 1.91. The van der Waals surface area contributed by atoms with Gasteiger partial charge in [-0.15, -0.1) is 0 Å². The number of nitrogens with two attached hydrogens (primary N) is 1. The fourth-order valence-electron chi connectivity index (χ4n) is 3.32. The van der Waals surface area contributed by atoms with Gasteiger partial charge in [-0.25, -0.2) is 0 Å². The molecule has 2 heteroatoms. The molecule has 2 saturated heterocycles. The van der Waals surface area contributed by atoms with Gasteiger partial charge in [-0.2, -0.15) is 0 Å². The first-order valence-corrected chi connectivity index (χ1v) is 6.21. The van der Waals surface area contributed by atoms with Gasteiger partial charge in [0.15, 0.2) is 0 Å². The minimum Gasteiger partial charge on any atom is -0.374 e. The van der Waals surface area contributed by atoms with E-state index >= 15 is 0 Å². The number of benzene rings is 1. The summed E-state index contributed by atoms with van der Waals surface area (Å²) in [6, 6.07) is 8.86. The molecule has 3 rings (SSSR count). The van der Waals surface area contributed by atoms with Gasteiger partial charge in [0.2, 0.25) is 0 Å². The van der Waals surface area contributed by atoms with Gasteiger partial charge in [0.05, 0.1) is 12.2 Å². The minimum atomic E-state index is 0.418. The molecule has 2 heterocycles. The van der Waals surface area contributed by atoms with Crippen molar-refractivity contribution in [3.63, 3.8) is 0 Å². The van der Waals surface area contributed by atoms with Crippen LogP contribution in [0.2, 0.25) is 0 Å². The monoisotopic (exact) mass is 217 g/mol. The lowest BCUT2D eigenvalue weighted by molar-refractivity contribution is 0.0918. The third kappa shape index (κ3) is 1.48. The minimum absolute atomic E-state index is 0.418. The van der Waals surface area contributed by atoms with Crippen LogP contribution in [0.25, 0.3) is 0 Å². The van der Waals surface area contributed by atoms with Crippen molar-refractivity contribution in [2.75, 3.05) is 6.54 Å². The summed E-state index contributed by atoms with van der Waals surface area (Å²) in [5.41, 5.74) is 8.63. The zero-order valence-electron chi connectivity index (χ0n) is 9.73. The molecule has 2 bridgehead atoms. The second-order valence-electron chi connectivity index (χ2n) is 5.13. The molecule has 1 aromatic rings. The van der Waals surface area contributed by atoms with E-state index in [2.05, 4.69) is 31.2 Å². The summed E-state index contributed by atoms with van der Waals surface area (Å²) in [5.74, 6) is 1.06. The summed E-state index contributed by atoms with van der Waals surface area (Å²) in [7, 11) is 0. The van der Waals surface area contributed by atoms with E-state index in [1.54, 1.807) is 0 Å². The number of aryl methyl sites for hydroxylation is 1. The Bertz CT molecular complexity index is 373. The molecule has 0 spiro atoms. The molecule has 0 saturated carbocycles. The molecule has 0 aromatic heterocycles. The largest absolute Gasteiger partial charge is 0.374 e. The average Bonchev–Trinajstić information content (AvgIpc) is 2.89. The van der Waals surface area contributed by atoms with Crippen molar-refractivity contribution in [1.29, 1.82) is 0 Å². The van der Waals surface area contributed by atoms with Gasteiger partial charge in [-0.1, -0.05) is 29.8 Å². The van der Waals surface area contributed by atoms with Gasteiger partial charge < -0.3 is 10.5 Å². The van der Waals surface area contributed by atoms with Crippen molar-refractivity contribution in [2.24, 2.45) is 11.7 Å². The van der Waals surface area contributed by atoms with Crippen LogP contribution in [0.4, 0.5) is 0 Å². The topological polar surface area (TPSA) is 35.2 Å². The Labute approximate surface area is 96.8 Å². The number of ether oxygens (including phenoxy) is 1. The molecule has 2 nitrogen and oxygen atoms in total. The van der Waals surface area contributed by atoms with Crippen LogP contribution >= 0.6 is 0 Å². The molecule has 4 unspecified atom stereocenters. The van der Waals surface area contributed by atoms with E-state index < -0.39 is 0 Å². The highest BCUT2D eigenvalue weighted by Gasteiger charge is 2.48. The Hall–Kier alpha value is -0.860. The predicted octanol–water partition coefficient (Wildman–Crippen LogP) is 2.21. The molecule has 16 heavy (non-hydrogen) atoms. The van der Waals surface area contributed by atoms with E-state index in [1.165, 1.54) is 24.0 Å². The summed E-state index contributed by atoms with van der Waals surface area (Å²) < 4.78 is 5.99. The van der Waals surface area contributed by atoms with E-state index in [-0.39, 0.29) is 0 Å². The highest BCUT2D eigenvalue weighted by molar-refractivity contribution is 5.28. The molecule has 0 amide bonds. The molecule has 0 radical (unpaired) electrons. The number of fused-ring (bicyclic) bond motifs is 2. The van der Waals surface area contributed by atoms with E-state index in [0.29, 0.717) is 24.0 Å². The van der Waals surface area contributed by atoms with Crippen molar-refractivity contribution in [3.05, 3.63) is 35.4 Å². The third-order valence-corrected chi connectivity index (χ3v) is 4.16. The maximum atomic E-state index is 5.99. The SMILES string of the molecule is Cc1ccc(C2C3CCC(O3)C2CN)cc1. The first-order valence-electron chi connectivity index (χ1n) is 6.21. The summed E-state index contributed by atoms with van der Waals surface area (Å²) in [4.78, 5) is 0. The Morgan fingerprint density at radius 3 is 2.56 bits per heavy atom. The molecule has 1 aromatic carbocycles. The lowest BCUT2D eigenvalue weighted by Gasteiger charge is -2.27. The van der Waals surface area contributed by atoms with Gasteiger partial charge in [0, 0.05) is 11.8 Å². The van der Waals surface area contributed by atoms with Crippen molar-refractivity contribution >= 4 is 0 Å². The molecular formula is C14H19NO. The van der Waals surface area contributed by atoms with Gasteiger partial charge in [-0.05, 0) is 31.9 Å². The van der Waals surface area contributed by atoms with Crippen LogP contribution in [0.1, 0.15) is 29.9 Å². The lowest BCUT2D eigenvalue weighted by Crippen LogP contribution is -2.31. The van der Waals surface area contributed by atoms with Crippen LogP contribution in [-0.4, -0.2) is 18.8 Å². The normalized spacial score (nSPS) is 36.9. The van der Waals surface area contributed by atoms with E-state index in [1.807, 2.05) is 0 Å². The number of hydrogen-bond acceptors (Lipinski definition) is 2. The van der Waals surface area contributed by atoms with E-state index in [4.69, 9.17) is 10.5 Å². The van der Waals surface area contributed by atoms with Gasteiger partial charge in [-0.3, -0.25) is 0 Å². The smallest absolute Gasteiger partial charge is 0.0652 e. The highest BCUT2D eigenvalue weighted by Crippen LogP contribution is 2.48. The molecule has 4 atom stereocenters. The zero-order chi connectivity index (χ0) is 11.1. The van der Waals surface area contributed by atoms with Crippen LogP contribution in [0.15, 0.2) is 24.3 Å². The maximum absolute atomic E-state index is 5.99. The van der Waals surface area contributed by atoms with Crippen LogP contribution in [0.3, 0.4) is 0 Å². The van der Waals surface area contributed by atoms with Crippen LogP contribution in [-0.2, 0) is 4.74 Å². The zero-order valence-corrected chi connectivity index (χ0v) is 9.73. The van der Waals surface area contributed by atoms with Crippen molar-refractivity contribution in [1.82, 2.24) is 0 Å². The quantitative estimate of drug-likeness (QED) is 0.824. The Kier molecular flexibility index (Phi) is 2.49. The second kappa shape index (κ2) is 3.86. The lowest BCUT2D eigenvalue weighted by atomic mass is 9.75. The van der Waals surface area contributed by atoms with Crippen LogP contribution < -0.4 is 5.73 Å². The predicted molar refractivity (Wildman–Crippen MR) is 64.4 cm³/mol. The van der Waals surface area contributed by atoms with Crippen LogP contribution in [0, 0.1) is 12.8 Å². The van der Waals surface area contributed by atoms with E-state index in [9.17, 15) is 0 Å². The molecule has 0 aliphatic carbocycles. The summed E-state index contributed by atoms with van der Waals surface area (Å²) >= 11 is 0. The number of rotatable bonds is 2. The molecule has 2 aliphatic rings. The molecule has 2 fully saturated rings. The summed E-state index contributed by atoms with van der Waals surface area (Å²) in [5, 5.41) is 0. The van der Waals surface area contributed by atoms with Crippen molar-refractivity contribution in [3.8, 4) is 0 Å². The van der Waals surface area contributed by atoms with Crippen molar-refractivity contribution < 1.29 is 4.74 Å². The Morgan fingerprint density at radius 1 is 1.19 bits per heavy atom. The third-order valence-electron chi connectivity index (χ3n) is 4.16. The summed E-state index contributed by atoms with van der Waals surface area (Å²) in [6.45, 7) is 2.88. The standard InChI is InChI=1S/C14H19NO/c1-9-2-4-10(5-3-9)14-11(8-15)12-6-7-13(14)16-12/h2-5,11-14H,6-8,15H2,1H3. The molecule has 2 N–H and O–H groups in total. The fourth-order valence-corrected chi connectivity index (χ4v) is 3.32. The van der Waals surface area contributed by atoms with Gasteiger partial charge in [0.1, 0.15) is 0 Å². The summed E-state index contributed by atoms with van der Waals surface area (Å²) in [6.07, 6.45) is 3.25. The average molecular weight is 217 g/mol.